The van der Waals surface area contributed by atoms with Crippen molar-refractivity contribution in [2.24, 2.45) is 5.73 Å². The van der Waals surface area contributed by atoms with Gasteiger partial charge in [-0.05, 0) is 38.6 Å². The number of nitrogens with zero attached hydrogens (tertiary/aromatic N) is 2. The molecule has 1 heterocycles. The first kappa shape index (κ1) is 12.4. The second-order valence-corrected chi connectivity index (χ2v) is 5.04. The van der Waals surface area contributed by atoms with Gasteiger partial charge in [-0.3, -0.25) is 0 Å². The number of likely N-dealkylation sites (N-methyl/N-ethyl adjacent to an activating group) is 1. The van der Waals surface area contributed by atoms with Crippen LogP contribution < -0.4 is 10.6 Å². The maximum Gasteiger partial charge on any atom is 0.0412 e. The van der Waals surface area contributed by atoms with Crippen LogP contribution in [0.15, 0.2) is 24.3 Å². The fourth-order valence-corrected chi connectivity index (χ4v) is 2.59. The van der Waals surface area contributed by atoms with Gasteiger partial charge in [0.1, 0.15) is 0 Å². The summed E-state index contributed by atoms with van der Waals surface area (Å²) in [7, 11) is 4.34. The molecule has 17 heavy (non-hydrogen) atoms. The van der Waals surface area contributed by atoms with E-state index in [4.69, 9.17) is 5.73 Å². The molecule has 0 aliphatic carbocycles. The van der Waals surface area contributed by atoms with Crippen molar-refractivity contribution >= 4 is 5.69 Å². The molecule has 1 aliphatic rings. The molecular weight excluding hydrogens is 210 g/mol. The van der Waals surface area contributed by atoms with E-state index in [0.717, 1.165) is 13.1 Å². The lowest BCUT2D eigenvalue weighted by Gasteiger charge is -2.38. The Kier molecular flexibility index (Phi) is 4.02. The standard InChI is InChI=1S/C14H23N3/c1-16(2)13-7-5-9-17(11-13)14-8-4-3-6-12(14)10-15/h3-4,6,8,13H,5,7,9-11,15H2,1-2H3. The molecule has 0 amide bonds. The van der Waals surface area contributed by atoms with Crippen LogP contribution in [0, 0.1) is 0 Å². The van der Waals surface area contributed by atoms with Crippen LogP contribution >= 0.6 is 0 Å². The van der Waals surface area contributed by atoms with Crippen molar-refractivity contribution in [3.8, 4) is 0 Å². The molecule has 1 saturated heterocycles. The van der Waals surface area contributed by atoms with Crippen molar-refractivity contribution in [1.82, 2.24) is 4.90 Å². The molecule has 0 radical (unpaired) electrons. The number of piperidine rings is 1. The third kappa shape index (κ3) is 2.79. The maximum absolute atomic E-state index is 5.81. The number of benzene rings is 1. The molecule has 1 atom stereocenters. The zero-order valence-electron chi connectivity index (χ0n) is 10.9. The molecule has 0 saturated carbocycles. The molecular formula is C14H23N3. The molecule has 1 aromatic carbocycles. The molecule has 1 aliphatic heterocycles. The number of anilines is 1. The minimum Gasteiger partial charge on any atom is -0.370 e. The largest absolute Gasteiger partial charge is 0.370 e. The van der Waals surface area contributed by atoms with Gasteiger partial charge in [0.25, 0.3) is 0 Å². The average molecular weight is 233 g/mol. The minimum atomic E-state index is 0.624. The summed E-state index contributed by atoms with van der Waals surface area (Å²) in [5, 5.41) is 0. The maximum atomic E-state index is 5.81. The summed E-state index contributed by atoms with van der Waals surface area (Å²) in [6.45, 7) is 2.89. The van der Waals surface area contributed by atoms with Gasteiger partial charge in [-0.1, -0.05) is 18.2 Å². The molecule has 1 aromatic rings. The summed E-state index contributed by atoms with van der Waals surface area (Å²) in [6, 6.07) is 9.16. The highest BCUT2D eigenvalue weighted by atomic mass is 15.2. The smallest absolute Gasteiger partial charge is 0.0412 e. The quantitative estimate of drug-likeness (QED) is 0.862. The molecule has 1 fully saturated rings. The van der Waals surface area contributed by atoms with E-state index in [1.807, 2.05) is 0 Å². The second-order valence-electron chi connectivity index (χ2n) is 5.04. The Bertz CT molecular complexity index is 362. The molecule has 3 nitrogen and oxygen atoms in total. The van der Waals surface area contributed by atoms with Gasteiger partial charge in [-0.2, -0.15) is 0 Å². The Morgan fingerprint density at radius 1 is 1.35 bits per heavy atom. The van der Waals surface area contributed by atoms with Crippen LogP contribution in [0.2, 0.25) is 0 Å². The van der Waals surface area contributed by atoms with E-state index < -0.39 is 0 Å². The van der Waals surface area contributed by atoms with Gasteiger partial charge < -0.3 is 15.5 Å². The van der Waals surface area contributed by atoms with Crippen molar-refractivity contribution in [1.29, 1.82) is 0 Å². The third-order valence-electron chi connectivity index (χ3n) is 3.68. The summed E-state index contributed by atoms with van der Waals surface area (Å²) in [4.78, 5) is 4.81. The fourth-order valence-electron chi connectivity index (χ4n) is 2.59. The van der Waals surface area contributed by atoms with Gasteiger partial charge in [0.15, 0.2) is 0 Å². The van der Waals surface area contributed by atoms with Gasteiger partial charge in [0.05, 0.1) is 0 Å². The lowest BCUT2D eigenvalue weighted by atomic mass is 10.0. The monoisotopic (exact) mass is 233 g/mol. The number of para-hydroxylation sites is 1. The van der Waals surface area contributed by atoms with Crippen molar-refractivity contribution < 1.29 is 0 Å². The van der Waals surface area contributed by atoms with Crippen molar-refractivity contribution in [3.63, 3.8) is 0 Å². The van der Waals surface area contributed by atoms with Crippen LogP contribution in [0.5, 0.6) is 0 Å². The summed E-state index contributed by atoms with van der Waals surface area (Å²) in [5.74, 6) is 0. The van der Waals surface area contributed by atoms with Crippen LogP contribution in [0.1, 0.15) is 18.4 Å². The van der Waals surface area contributed by atoms with Gasteiger partial charge in [-0.15, -0.1) is 0 Å². The van der Waals surface area contributed by atoms with E-state index >= 15 is 0 Å². The van der Waals surface area contributed by atoms with Crippen molar-refractivity contribution in [2.75, 3.05) is 32.1 Å². The van der Waals surface area contributed by atoms with Gasteiger partial charge in [-0.25, -0.2) is 0 Å². The molecule has 2 N–H and O–H groups in total. The van der Waals surface area contributed by atoms with Crippen molar-refractivity contribution in [3.05, 3.63) is 29.8 Å². The fraction of sp³-hybridized carbons (Fsp3) is 0.571. The van der Waals surface area contributed by atoms with Crippen LogP contribution in [-0.4, -0.2) is 38.1 Å². The van der Waals surface area contributed by atoms with E-state index in [1.54, 1.807) is 0 Å². The van der Waals surface area contributed by atoms with Gasteiger partial charge in [0, 0.05) is 31.4 Å². The Balaban J connectivity index is 2.16. The van der Waals surface area contributed by atoms with Gasteiger partial charge >= 0.3 is 0 Å². The number of hydrogen-bond donors (Lipinski definition) is 1. The molecule has 0 spiro atoms. The molecule has 3 heteroatoms. The van der Waals surface area contributed by atoms with Gasteiger partial charge in [0.2, 0.25) is 0 Å². The second kappa shape index (κ2) is 5.52. The first-order valence-corrected chi connectivity index (χ1v) is 6.41. The van der Waals surface area contributed by atoms with E-state index in [9.17, 15) is 0 Å². The Morgan fingerprint density at radius 2 is 2.12 bits per heavy atom. The third-order valence-corrected chi connectivity index (χ3v) is 3.68. The predicted molar refractivity (Wildman–Crippen MR) is 73.3 cm³/mol. The Hall–Kier alpha value is -1.06. The van der Waals surface area contributed by atoms with E-state index in [-0.39, 0.29) is 0 Å². The molecule has 1 unspecified atom stereocenters. The van der Waals surface area contributed by atoms with Crippen LogP contribution in [0.3, 0.4) is 0 Å². The number of hydrogen-bond acceptors (Lipinski definition) is 3. The summed E-state index contributed by atoms with van der Waals surface area (Å²) >= 11 is 0. The summed E-state index contributed by atoms with van der Waals surface area (Å²) < 4.78 is 0. The highest BCUT2D eigenvalue weighted by molar-refractivity contribution is 5.54. The van der Waals surface area contributed by atoms with Crippen molar-refractivity contribution in [2.45, 2.75) is 25.4 Å². The highest BCUT2D eigenvalue weighted by Gasteiger charge is 2.22. The normalized spacial score (nSPS) is 20.9. The average Bonchev–Trinajstić information content (AvgIpc) is 2.39. The minimum absolute atomic E-state index is 0.624. The Morgan fingerprint density at radius 3 is 2.82 bits per heavy atom. The molecule has 0 aromatic heterocycles. The Labute approximate surface area is 104 Å². The lowest BCUT2D eigenvalue weighted by Crippen LogP contribution is -2.45. The van der Waals surface area contributed by atoms with E-state index in [2.05, 4.69) is 48.2 Å². The number of nitrogens with two attached hydrogens (primary N) is 1. The number of rotatable bonds is 3. The lowest BCUT2D eigenvalue weighted by molar-refractivity contribution is 0.258. The summed E-state index contributed by atoms with van der Waals surface area (Å²) in [6.07, 6.45) is 2.57. The highest BCUT2D eigenvalue weighted by Crippen LogP contribution is 2.24. The van der Waals surface area contributed by atoms with Crippen LogP contribution in [-0.2, 0) is 6.54 Å². The zero-order chi connectivity index (χ0) is 12.3. The molecule has 2 rings (SSSR count). The van der Waals surface area contributed by atoms with Crippen LogP contribution in [0.25, 0.3) is 0 Å². The molecule has 0 bridgehead atoms. The van der Waals surface area contributed by atoms with E-state index in [1.165, 1.54) is 24.1 Å². The van der Waals surface area contributed by atoms with E-state index in [0.29, 0.717) is 12.6 Å². The first-order valence-electron chi connectivity index (χ1n) is 6.41. The SMILES string of the molecule is CN(C)C1CCCN(c2ccccc2CN)C1. The molecule has 94 valence electrons. The topological polar surface area (TPSA) is 32.5 Å². The van der Waals surface area contributed by atoms with Crippen LogP contribution in [0.4, 0.5) is 5.69 Å². The predicted octanol–water partition coefficient (Wildman–Crippen LogP) is 1.68. The first-order chi connectivity index (χ1) is 8.22. The summed E-state index contributed by atoms with van der Waals surface area (Å²) in [5.41, 5.74) is 8.39. The zero-order valence-corrected chi connectivity index (χ0v) is 10.9.